The van der Waals surface area contributed by atoms with Gasteiger partial charge in [-0.3, -0.25) is 9.69 Å². The first kappa shape index (κ1) is 16.1. The predicted octanol–water partition coefficient (Wildman–Crippen LogP) is 1.85. The number of rotatable bonds is 2. The number of piperazine rings is 1. The molecule has 1 saturated heterocycles. The molecule has 2 N–H and O–H groups in total. The third-order valence-electron chi connectivity index (χ3n) is 3.32. The second-order valence-electron chi connectivity index (χ2n) is 6.46. The van der Waals surface area contributed by atoms with E-state index < -0.39 is 11.7 Å². The number of hydrogen-bond acceptors (Lipinski definition) is 4. The molecule has 0 aliphatic carbocycles. The monoisotopic (exact) mass is 305 g/mol. The van der Waals surface area contributed by atoms with Crippen LogP contribution in [0, 0.1) is 0 Å². The molecule has 1 fully saturated rings. The fraction of sp³-hybridized carbons (Fsp3) is 0.500. The van der Waals surface area contributed by atoms with Crippen molar-refractivity contribution >= 4 is 17.7 Å². The molecule has 0 spiro atoms. The van der Waals surface area contributed by atoms with Gasteiger partial charge in [-0.05, 0) is 38.5 Å². The first-order valence-electron chi connectivity index (χ1n) is 7.35. The average Bonchev–Trinajstić information content (AvgIpc) is 2.41. The third-order valence-corrected chi connectivity index (χ3v) is 3.32. The van der Waals surface area contributed by atoms with Crippen LogP contribution in [0.25, 0.3) is 0 Å². The zero-order valence-electron chi connectivity index (χ0n) is 13.3. The molecule has 0 atom stereocenters. The second-order valence-corrected chi connectivity index (χ2v) is 6.46. The van der Waals surface area contributed by atoms with Crippen molar-refractivity contribution in [3.8, 4) is 0 Å². The standard InChI is InChI=1S/C16H23N3O3/c1-16(2,3)22-15(21)19-9-8-18(14(20)11-19)10-12-4-6-13(17)7-5-12/h4-7H,8-11,17H2,1-3H3. The molecule has 1 aliphatic rings. The summed E-state index contributed by atoms with van der Waals surface area (Å²) in [4.78, 5) is 27.4. The van der Waals surface area contributed by atoms with Gasteiger partial charge in [0.05, 0.1) is 0 Å². The number of nitrogens with zero attached hydrogens (tertiary/aromatic N) is 2. The molecule has 1 aromatic carbocycles. The van der Waals surface area contributed by atoms with Crippen molar-refractivity contribution in [1.29, 1.82) is 0 Å². The lowest BCUT2D eigenvalue weighted by Gasteiger charge is -2.35. The van der Waals surface area contributed by atoms with Gasteiger partial charge in [0.15, 0.2) is 0 Å². The smallest absolute Gasteiger partial charge is 0.410 e. The van der Waals surface area contributed by atoms with E-state index in [1.807, 2.05) is 45.0 Å². The van der Waals surface area contributed by atoms with E-state index in [2.05, 4.69) is 0 Å². The van der Waals surface area contributed by atoms with Crippen LogP contribution in [0.1, 0.15) is 26.3 Å². The van der Waals surface area contributed by atoms with Crippen molar-refractivity contribution in [3.63, 3.8) is 0 Å². The Bertz CT molecular complexity index is 549. The quantitative estimate of drug-likeness (QED) is 0.846. The highest BCUT2D eigenvalue weighted by Gasteiger charge is 2.30. The summed E-state index contributed by atoms with van der Waals surface area (Å²) in [5.74, 6) is -0.0751. The van der Waals surface area contributed by atoms with Gasteiger partial charge in [0, 0.05) is 25.3 Å². The first-order chi connectivity index (χ1) is 10.2. The number of carbonyl (C=O) groups excluding carboxylic acids is 2. The van der Waals surface area contributed by atoms with E-state index in [4.69, 9.17) is 10.5 Å². The molecular formula is C16H23N3O3. The summed E-state index contributed by atoms with van der Waals surface area (Å²) in [6.07, 6.45) is -0.437. The first-order valence-corrected chi connectivity index (χ1v) is 7.35. The highest BCUT2D eigenvalue weighted by molar-refractivity contribution is 5.83. The fourth-order valence-electron chi connectivity index (χ4n) is 2.20. The van der Waals surface area contributed by atoms with Gasteiger partial charge in [0.25, 0.3) is 0 Å². The van der Waals surface area contributed by atoms with Gasteiger partial charge in [-0.2, -0.15) is 0 Å². The summed E-state index contributed by atoms with van der Waals surface area (Å²) >= 11 is 0. The summed E-state index contributed by atoms with van der Waals surface area (Å²) in [7, 11) is 0. The van der Waals surface area contributed by atoms with Crippen LogP contribution in [-0.2, 0) is 16.1 Å². The molecule has 6 nitrogen and oxygen atoms in total. The van der Waals surface area contributed by atoms with Gasteiger partial charge >= 0.3 is 6.09 Å². The minimum absolute atomic E-state index is 0.0594. The van der Waals surface area contributed by atoms with Gasteiger partial charge in [-0.15, -0.1) is 0 Å². The number of hydrogen-bond donors (Lipinski definition) is 1. The topological polar surface area (TPSA) is 75.9 Å². The van der Waals surface area contributed by atoms with E-state index in [-0.39, 0.29) is 12.5 Å². The molecule has 0 saturated carbocycles. The normalized spacial score (nSPS) is 15.9. The summed E-state index contributed by atoms with van der Waals surface area (Å²) in [6, 6.07) is 7.44. The number of anilines is 1. The Morgan fingerprint density at radius 2 is 1.86 bits per heavy atom. The molecule has 0 bridgehead atoms. The Kier molecular flexibility index (Phi) is 4.59. The van der Waals surface area contributed by atoms with Gasteiger partial charge in [0.2, 0.25) is 5.91 Å². The van der Waals surface area contributed by atoms with Crippen LogP contribution in [0.2, 0.25) is 0 Å². The summed E-state index contributed by atoms with van der Waals surface area (Å²) in [5, 5.41) is 0. The Morgan fingerprint density at radius 3 is 2.41 bits per heavy atom. The van der Waals surface area contributed by atoms with E-state index >= 15 is 0 Å². The largest absolute Gasteiger partial charge is 0.444 e. The number of nitrogen functional groups attached to an aromatic ring is 1. The molecule has 1 aliphatic heterocycles. The van der Waals surface area contributed by atoms with E-state index in [0.29, 0.717) is 25.3 Å². The molecule has 0 unspecified atom stereocenters. The van der Waals surface area contributed by atoms with Crippen molar-refractivity contribution in [2.45, 2.75) is 32.9 Å². The molecule has 2 amide bonds. The number of benzene rings is 1. The SMILES string of the molecule is CC(C)(C)OC(=O)N1CCN(Cc2ccc(N)cc2)C(=O)C1. The Hall–Kier alpha value is -2.24. The van der Waals surface area contributed by atoms with Crippen molar-refractivity contribution in [3.05, 3.63) is 29.8 Å². The molecular weight excluding hydrogens is 282 g/mol. The van der Waals surface area contributed by atoms with Gasteiger partial charge in [-0.1, -0.05) is 12.1 Å². The van der Waals surface area contributed by atoms with Crippen LogP contribution in [0.3, 0.4) is 0 Å². The number of ether oxygens (including phenoxy) is 1. The maximum atomic E-state index is 12.2. The van der Waals surface area contributed by atoms with E-state index in [9.17, 15) is 9.59 Å². The molecule has 6 heteroatoms. The Labute approximate surface area is 130 Å². The molecule has 1 heterocycles. The van der Waals surface area contributed by atoms with Crippen LogP contribution < -0.4 is 5.73 Å². The van der Waals surface area contributed by atoms with E-state index in [1.54, 1.807) is 4.90 Å². The van der Waals surface area contributed by atoms with Crippen LogP contribution in [-0.4, -0.2) is 47.0 Å². The lowest BCUT2D eigenvalue weighted by molar-refractivity contribution is -0.136. The fourth-order valence-corrected chi connectivity index (χ4v) is 2.20. The van der Waals surface area contributed by atoms with Crippen molar-refractivity contribution < 1.29 is 14.3 Å². The van der Waals surface area contributed by atoms with Crippen molar-refractivity contribution in [2.75, 3.05) is 25.4 Å². The summed E-state index contributed by atoms with van der Waals surface area (Å²) < 4.78 is 5.29. The molecule has 120 valence electrons. The summed E-state index contributed by atoms with van der Waals surface area (Å²) in [6.45, 7) is 7.00. The highest BCUT2D eigenvalue weighted by atomic mass is 16.6. The Morgan fingerprint density at radius 1 is 1.23 bits per heavy atom. The van der Waals surface area contributed by atoms with Crippen molar-refractivity contribution in [2.24, 2.45) is 0 Å². The molecule has 0 radical (unpaired) electrons. The number of carbonyl (C=O) groups is 2. The maximum Gasteiger partial charge on any atom is 0.410 e. The van der Waals surface area contributed by atoms with Crippen LogP contribution in [0.15, 0.2) is 24.3 Å². The molecule has 2 rings (SSSR count). The lowest BCUT2D eigenvalue weighted by Crippen LogP contribution is -2.52. The van der Waals surface area contributed by atoms with E-state index in [1.165, 1.54) is 4.90 Å². The minimum atomic E-state index is -0.554. The zero-order chi connectivity index (χ0) is 16.3. The lowest BCUT2D eigenvalue weighted by atomic mass is 10.2. The average molecular weight is 305 g/mol. The highest BCUT2D eigenvalue weighted by Crippen LogP contribution is 2.14. The van der Waals surface area contributed by atoms with Crippen molar-refractivity contribution in [1.82, 2.24) is 9.80 Å². The van der Waals surface area contributed by atoms with E-state index in [0.717, 1.165) is 5.56 Å². The van der Waals surface area contributed by atoms with Crippen LogP contribution >= 0.6 is 0 Å². The number of nitrogens with two attached hydrogens (primary N) is 1. The zero-order valence-corrected chi connectivity index (χ0v) is 13.3. The van der Waals surface area contributed by atoms with Crippen LogP contribution in [0.5, 0.6) is 0 Å². The predicted molar refractivity (Wildman–Crippen MR) is 84.1 cm³/mol. The summed E-state index contributed by atoms with van der Waals surface area (Å²) in [5.41, 5.74) is 6.82. The molecule has 22 heavy (non-hydrogen) atoms. The molecule has 0 aromatic heterocycles. The van der Waals surface area contributed by atoms with Gasteiger partial charge < -0.3 is 15.4 Å². The van der Waals surface area contributed by atoms with Gasteiger partial charge in [-0.25, -0.2) is 4.79 Å². The maximum absolute atomic E-state index is 12.2. The second kappa shape index (κ2) is 6.25. The van der Waals surface area contributed by atoms with Crippen LogP contribution in [0.4, 0.5) is 10.5 Å². The third kappa shape index (κ3) is 4.38. The van der Waals surface area contributed by atoms with Gasteiger partial charge in [0.1, 0.15) is 12.1 Å². The molecule has 1 aromatic rings. The number of amides is 2. The minimum Gasteiger partial charge on any atom is -0.444 e. The Balaban J connectivity index is 1.91.